The summed E-state index contributed by atoms with van der Waals surface area (Å²) in [6.45, 7) is 8.77. The van der Waals surface area contributed by atoms with E-state index in [0.717, 1.165) is 35.2 Å². The van der Waals surface area contributed by atoms with Crippen LogP contribution in [0.1, 0.15) is 37.2 Å². The van der Waals surface area contributed by atoms with E-state index in [1.165, 1.54) is 6.20 Å². The average Bonchev–Trinajstić information content (AvgIpc) is 2.91. The lowest BCUT2D eigenvalue weighted by Crippen LogP contribution is -2.39. The van der Waals surface area contributed by atoms with E-state index in [4.69, 9.17) is 9.47 Å². The van der Waals surface area contributed by atoms with Crippen LogP contribution >= 0.6 is 0 Å². The Morgan fingerprint density at radius 3 is 2.59 bits per heavy atom. The Morgan fingerprint density at radius 1 is 1.05 bits per heavy atom. The molecule has 4 aromatic rings. The highest BCUT2D eigenvalue weighted by Gasteiger charge is 2.37. The fourth-order valence-electron chi connectivity index (χ4n) is 3.82. The summed E-state index contributed by atoms with van der Waals surface area (Å²) in [5.41, 5.74) is 1.80. The minimum Gasteiger partial charge on any atom is -0.491 e. The molecule has 2 aromatic heterocycles. The molecule has 2 aromatic carbocycles. The molecule has 2 heterocycles. The molecule has 0 aliphatic heterocycles. The predicted molar refractivity (Wildman–Crippen MR) is 155 cm³/mol. The smallest absolute Gasteiger partial charge is 0.269 e. The number of hydrogen-bond donors (Lipinski definition) is 3. The summed E-state index contributed by atoms with van der Waals surface area (Å²) in [5, 5.41) is 6.55. The van der Waals surface area contributed by atoms with Gasteiger partial charge in [0.15, 0.2) is 8.32 Å². The number of pyridine rings is 1. The van der Waals surface area contributed by atoms with Crippen molar-refractivity contribution in [3.8, 4) is 17.2 Å². The van der Waals surface area contributed by atoms with Crippen LogP contribution in [0.2, 0.25) is 18.1 Å². The van der Waals surface area contributed by atoms with E-state index in [0.29, 0.717) is 24.1 Å². The van der Waals surface area contributed by atoms with Crippen molar-refractivity contribution in [1.29, 1.82) is 0 Å². The SMILES string of the molecule is CNC(=O)c1cc(Oc2ccc3nc(Nc4ccccc4OCCCC(C)(C)[Si](C)(C)O)ncc3c2)ccn1. The first-order chi connectivity index (χ1) is 18.6. The van der Waals surface area contributed by atoms with Gasteiger partial charge in [-0.1, -0.05) is 26.0 Å². The van der Waals surface area contributed by atoms with Gasteiger partial charge in [-0.25, -0.2) is 9.97 Å². The maximum absolute atomic E-state index is 11.8. The molecule has 0 radical (unpaired) electrons. The van der Waals surface area contributed by atoms with E-state index in [2.05, 4.69) is 39.4 Å². The van der Waals surface area contributed by atoms with Crippen LogP contribution in [0, 0.1) is 0 Å². The van der Waals surface area contributed by atoms with Crippen LogP contribution in [0.15, 0.2) is 67.0 Å². The summed E-state index contributed by atoms with van der Waals surface area (Å²) in [6.07, 6.45) is 5.00. The molecule has 10 heteroatoms. The number of nitrogens with one attached hydrogen (secondary N) is 2. The number of benzene rings is 2. The van der Waals surface area contributed by atoms with Crippen LogP contribution in [-0.4, -0.2) is 47.6 Å². The zero-order valence-electron chi connectivity index (χ0n) is 23.0. The van der Waals surface area contributed by atoms with Crippen LogP contribution in [0.25, 0.3) is 10.9 Å². The van der Waals surface area contributed by atoms with Crippen molar-refractivity contribution >= 4 is 36.8 Å². The number of carbonyl (C=O) groups is 1. The topological polar surface area (TPSA) is 118 Å². The third-order valence-corrected chi connectivity index (χ3v) is 10.5. The van der Waals surface area contributed by atoms with Gasteiger partial charge in [0.1, 0.15) is 22.9 Å². The zero-order valence-corrected chi connectivity index (χ0v) is 24.0. The summed E-state index contributed by atoms with van der Waals surface area (Å²) >= 11 is 0. The van der Waals surface area contributed by atoms with E-state index in [1.807, 2.05) is 55.6 Å². The first-order valence-electron chi connectivity index (χ1n) is 12.9. The van der Waals surface area contributed by atoms with Gasteiger partial charge in [0.2, 0.25) is 5.95 Å². The molecule has 0 atom stereocenters. The molecule has 0 saturated carbocycles. The molecular weight excluding hydrogens is 510 g/mol. The summed E-state index contributed by atoms with van der Waals surface area (Å²) in [4.78, 5) is 35.5. The Morgan fingerprint density at radius 2 is 1.82 bits per heavy atom. The van der Waals surface area contributed by atoms with E-state index in [-0.39, 0.29) is 16.6 Å². The number of fused-ring (bicyclic) bond motifs is 1. The van der Waals surface area contributed by atoms with E-state index < -0.39 is 8.32 Å². The number of nitrogens with zero attached hydrogens (tertiary/aromatic N) is 3. The average molecular weight is 546 g/mol. The lowest BCUT2D eigenvalue weighted by molar-refractivity contribution is 0.0958. The molecule has 0 unspecified atom stereocenters. The van der Waals surface area contributed by atoms with Crippen LogP contribution in [-0.2, 0) is 0 Å². The van der Waals surface area contributed by atoms with Gasteiger partial charge in [-0.3, -0.25) is 9.78 Å². The Labute approximate surface area is 229 Å². The molecule has 204 valence electrons. The molecule has 3 N–H and O–H groups in total. The molecule has 0 spiro atoms. The molecule has 0 aliphatic carbocycles. The normalized spacial score (nSPS) is 11.7. The van der Waals surface area contributed by atoms with Crippen LogP contribution in [0.3, 0.4) is 0 Å². The third kappa shape index (κ3) is 7.09. The number of amides is 1. The highest BCUT2D eigenvalue weighted by atomic mass is 28.4. The van der Waals surface area contributed by atoms with Gasteiger partial charge in [0, 0.05) is 30.9 Å². The van der Waals surface area contributed by atoms with Gasteiger partial charge in [0.25, 0.3) is 5.91 Å². The molecule has 0 fully saturated rings. The van der Waals surface area contributed by atoms with E-state index in [9.17, 15) is 9.59 Å². The number of ether oxygens (including phenoxy) is 2. The first kappa shape index (κ1) is 28.0. The lowest BCUT2D eigenvalue weighted by Gasteiger charge is -2.35. The van der Waals surface area contributed by atoms with E-state index >= 15 is 0 Å². The number of rotatable bonds is 11. The van der Waals surface area contributed by atoms with Crippen molar-refractivity contribution in [3.05, 3.63) is 72.7 Å². The van der Waals surface area contributed by atoms with Gasteiger partial charge >= 0.3 is 0 Å². The summed E-state index contributed by atoms with van der Waals surface area (Å²) in [6, 6.07) is 16.5. The molecule has 4 rings (SSSR count). The van der Waals surface area contributed by atoms with Gasteiger partial charge in [-0.15, -0.1) is 0 Å². The first-order valence-corrected chi connectivity index (χ1v) is 15.8. The molecule has 0 aliphatic rings. The van der Waals surface area contributed by atoms with Crippen molar-refractivity contribution in [3.63, 3.8) is 0 Å². The van der Waals surface area contributed by atoms with Gasteiger partial charge in [-0.2, -0.15) is 0 Å². The van der Waals surface area contributed by atoms with Crippen molar-refractivity contribution in [2.24, 2.45) is 0 Å². The number of anilines is 2. The summed E-state index contributed by atoms with van der Waals surface area (Å²) < 4.78 is 12.0. The summed E-state index contributed by atoms with van der Waals surface area (Å²) in [7, 11) is -0.685. The highest BCUT2D eigenvalue weighted by molar-refractivity contribution is 6.72. The molecule has 39 heavy (non-hydrogen) atoms. The lowest BCUT2D eigenvalue weighted by atomic mass is 10.1. The number of carbonyl (C=O) groups excluding carboxylic acids is 1. The number of aromatic nitrogens is 3. The largest absolute Gasteiger partial charge is 0.491 e. The predicted octanol–water partition coefficient (Wildman–Crippen LogP) is 6.06. The third-order valence-electron chi connectivity index (χ3n) is 6.97. The van der Waals surface area contributed by atoms with Crippen molar-refractivity contribution < 1.29 is 19.1 Å². The standard InChI is InChI=1S/C29H35N5O4Si/c1-29(2,39(4,5)36)14-8-16-37-26-10-7-6-9-24(26)34-28-32-19-20-17-21(11-12-23(20)33-28)38-22-13-15-31-25(18-22)27(35)30-3/h6-7,9-13,15,17-19,36H,8,14,16H2,1-5H3,(H,30,35)(H,32,33,34). The molecule has 0 saturated heterocycles. The number of para-hydroxylation sites is 2. The maximum Gasteiger partial charge on any atom is 0.269 e. The molecule has 9 nitrogen and oxygen atoms in total. The minimum absolute atomic E-state index is 0.0786. The Kier molecular flexibility index (Phi) is 8.47. The molecule has 1 amide bonds. The van der Waals surface area contributed by atoms with Crippen molar-refractivity contribution in [2.45, 2.75) is 44.8 Å². The summed E-state index contributed by atoms with van der Waals surface area (Å²) in [5.74, 6) is 1.98. The highest BCUT2D eigenvalue weighted by Crippen LogP contribution is 2.40. The van der Waals surface area contributed by atoms with Crippen molar-refractivity contribution in [2.75, 3.05) is 19.0 Å². The Balaban J connectivity index is 1.42. The molecular formula is C29H35N5O4Si. The van der Waals surface area contributed by atoms with Crippen LogP contribution in [0.5, 0.6) is 17.2 Å². The second kappa shape index (κ2) is 11.8. The van der Waals surface area contributed by atoms with E-state index in [1.54, 1.807) is 25.4 Å². The van der Waals surface area contributed by atoms with Gasteiger partial charge in [-0.05, 0) is 67.4 Å². The molecule has 0 bridgehead atoms. The fraction of sp³-hybridized carbons (Fsp3) is 0.310. The quantitative estimate of drug-likeness (QED) is 0.154. The fourth-order valence-corrected chi connectivity index (χ4v) is 4.61. The van der Waals surface area contributed by atoms with Gasteiger partial charge < -0.3 is 24.9 Å². The Hall–Kier alpha value is -4.02. The van der Waals surface area contributed by atoms with Crippen LogP contribution in [0.4, 0.5) is 11.6 Å². The zero-order chi connectivity index (χ0) is 28.0. The van der Waals surface area contributed by atoms with Crippen molar-refractivity contribution in [1.82, 2.24) is 20.3 Å². The van der Waals surface area contributed by atoms with Crippen LogP contribution < -0.4 is 20.1 Å². The second-order valence-corrected chi connectivity index (χ2v) is 15.0. The minimum atomic E-state index is -2.24. The number of hydrogen-bond acceptors (Lipinski definition) is 8. The monoisotopic (exact) mass is 545 g/mol. The maximum atomic E-state index is 11.8. The Bertz CT molecular complexity index is 1460. The van der Waals surface area contributed by atoms with Gasteiger partial charge in [0.05, 0.1) is 17.8 Å². The second-order valence-electron chi connectivity index (χ2n) is 10.5.